The van der Waals surface area contributed by atoms with Gasteiger partial charge in [-0.25, -0.2) is 0 Å². The lowest BCUT2D eigenvalue weighted by Crippen LogP contribution is -2.39. The highest BCUT2D eigenvalue weighted by Gasteiger charge is 2.35. The van der Waals surface area contributed by atoms with Crippen molar-refractivity contribution >= 4 is 56.2 Å². The molecule has 0 aliphatic carbocycles. The van der Waals surface area contributed by atoms with E-state index in [1.54, 1.807) is 24.2 Å². The number of phenolic OH excluding ortho intramolecular Hbond substituents is 1. The molecule has 1 unspecified atom stereocenters. The van der Waals surface area contributed by atoms with Gasteiger partial charge in [0.05, 0.1) is 24.7 Å². The van der Waals surface area contributed by atoms with Crippen LogP contribution in [0.15, 0.2) is 21.5 Å². The molecule has 0 radical (unpaired) electrons. The molecule has 1 aromatic rings. The maximum atomic E-state index is 12.5. The number of rotatable bonds is 5. The number of benzene rings is 1. The van der Waals surface area contributed by atoms with Crippen LogP contribution in [0.5, 0.6) is 11.5 Å². The number of thiocarbonyl (C=S) groups is 1. The van der Waals surface area contributed by atoms with Crippen molar-refractivity contribution in [3.63, 3.8) is 0 Å². The number of carbonyl (C=O) groups excluding carboxylic acids is 1. The maximum absolute atomic E-state index is 12.5. The molecule has 2 rings (SSSR count). The van der Waals surface area contributed by atoms with Crippen LogP contribution in [0.1, 0.15) is 12.5 Å². The number of methoxy groups -OCH3 is 2. The normalized spacial score (nSPS) is 17.9. The van der Waals surface area contributed by atoms with E-state index in [0.717, 1.165) is 0 Å². The fourth-order valence-corrected chi connectivity index (χ4v) is 4.04. The summed E-state index contributed by atoms with van der Waals surface area (Å²) in [6.45, 7) is 2.29. The number of amides is 1. The number of halogens is 1. The van der Waals surface area contributed by atoms with Crippen molar-refractivity contribution in [2.75, 3.05) is 20.8 Å². The molecule has 124 valence electrons. The number of phenols is 1. The quantitative estimate of drug-likeness (QED) is 0.585. The van der Waals surface area contributed by atoms with Crippen LogP contribution in [0.25, 0.3) is 6.08 Å². The standard InChI is InChI=1S/C15H16BrNO4S2/c1-8(7-20-2)17-14(19)13(23-15(17)22)5-9-4-11(18)12(21-3)6-10(9)16/h4-6,8,18H,7H2,1-3H3/b13-5+. The van der Waals surface area contributed by atoms with Gasteiger partial charge in [-0.2, -0.15) is 0 Å². The van der Waals surface area contributed by atoms with Crippen LogP contribution in [0.4, 0.5) is 0 Å². The topological polar surface area (TPSA) is 59.0 Å². The van der Waals surface area contributed by atoms with E-state index in [-0.39, 0.29) is 17.7 Å². The van der Waals surface area contributed by atoms with Crippen LogP contribution in [-0.2, 0) is 9.53 Å². The number of aromatic hydroxyl groups is 1. The van der Waals surface area contributed by atoms with Gasteiger partial charge in [0.1, 0.15) is 4.32 Å². The monoisotopic (exact) mass is 417 g/mol. The van der Waals surface area contributed by atoms with E-state index < -0.39 is 0 Å². The van der Waals surface area contributed by atoms with E-state index in [2.05, 4.69) is 15.9 Å². The van der Waals surface area contributed by atoms with Gasteiger partial charge < -0.3 is 14.6 Å². The van der Waals surface area contributed by atoms with Gasteiger partial charge in [0.2, 0.25) is 0 Å². The first-order chi connectivity index (χ1) is 10.9. The Balaban J connectivity index is 2.33. The van der Waals surface area contributed by atoms with Crippen LogP contribution in [0, 0.1) is 0 Å². The predicted octanol–water partition coefficient (Wildman–Crippen LogP) is 3.40. The number of hydrogen-bond acceptors (Lipinski definition) is 6. The maximum Gasteiger partial charge on any atom is 0.266 e. The summed E-state index contributed by atoms with van der Waals surface area (Å²) in [6, 6.07) is 3.05. The zero-order valence-electron chi connectivity index (χ0n) is 12.8. The molecule has 1 N–H and O–H groups in total. The molecular weight excluding hydrogens is 402 g/mol. The molecule has 0 aromatic heterocycles. The van der Waals surface area contributed by atoms with Crippen LogP contribution in [0.2, 0.25) is 0 Å². The van der Waals surface area contributed by atoms with E-state index in [0.29, 0.717) is 31.6 Å². The Morgan fingerprint density at radius 3 is 2.78 bits per heavy atom. The molecule has 8 heteroatoms. The van der Waals surface area contributed by atoms with Gasteiger partial charge in [-0.1, -0.05) is 39.9 Å². The SMILES string of the molecule is COCC(C)N1C(=O)/C(=C\c2cc(O)c(OC)cc2Br)SC1=S. The molecule has 1 fully saturated rings. The summed E-state index contributed by atoms with van der Waals surface area (Å²) >= 11 is 9.94. The Bertz CT molecular complexity index is 678. The van der Waals surface area contributed by atoms with E-state index in [1.807, 2.05) is 6.92 Å². The molecule has 0 saturated carbocycles. The van der Waals surface area contributed by atoms with Gasteiger partial charge in [0.15, 0.2) is 11.5 Å². The zero-order valence-corrected chi connectivity index (χ0v) is 16.0. The van der Waals surface area contributed by atoms with Crippen molar-refractivity contribution in [2.45, 2.75) is 13.0 Å². The highest BCUT2D eigenvalue weighted by molar-refractivity contribution is 9.10. The fraction of sp³-hybridized carbons (Fsp3) is 0.333. The number of hydrogen-bond donors (Lipinski definition) is 1. The third-order valence-electron chi connectivity index (χ3n) is 3.26. The average molecular weight is 418 g/mol. The lowest BCUT2D eigenvalue weighted by Gasteiger charge is -2.22. The molecule has 1 amide bonds. The summed E-state index contributed by atoms with van der Waals surface area (Å²) in [5.74, 6) is 0.201. The Kier molecular flexibility index (Phi) is 6.07. The van der Waals surface area contributed by atoms with E-state index >= 15 is 0 Å². The molecular formula is C15H16BrNO4S2. The second-order valence-corrected chi connectivity index (χ2v) is 7.43. The fourth-order valence-electron chi connectivity index (χ4n) is 2.15. The minimum absolute atomic E-state index is 0.00480. The molecule has 1 aliphatic rings. The molecule has 1 atom stereocenters. The Morgan fingerprint density at radius 1 is 1.48 bits per heavy atom. The Hall–Kier alpha value is -1.09. The first-order valence-electron chi connectivity index (χ1n) is 6.71. The van der Waals surface area contributed by atoms with Crippen LogP contribution < -0.4 is 4.74 Å². The molecule has 1 aromatic carbocycles. The largest absolute Gasteiger partial charge is 0.504 e. The van der Waals surface area contributed by atoms with Crippen LogP contribution >= 0.6 is 39.9 Å². The molecule has 1 aliphatic heterocycles. The van der Waals surface area contributed by atoms with Gasteiger partial charge in [-0.3, -0.25) is 9.69 Å². The van der Waals surface area contributed by atoms with Crippen LogP contribution in [-0.4, -0.2) is 47.1 Å². The molecule has 1 saturated heterocycles. The highest BCUT2D eigenvalue weighted by atomic mass is 79.9. The first-order valence-corrected chi connectivity index (χ1v) is 8.73. The molecule has 5 nitrogen and oxygen atoms in total. The van der Waals surface area contributed by atoms with Crippen LogP contribution in [0.3, 0.4) is 0 Å². The zero-order chi connectivity index (χ0) is 17.1. The average Bonchev–Trinajstić information content (AvgIpc) is 2.77. The van der Waals surface area contributed by atoms with Gasteiger partial charge in [0.25, 0.3) is 5.91 Å². The van der Waals surface area contributed by atoms with Crippen molar-refractivity contribution in [1.82, 2.24) is 4.90 Å². The van der Waals surface area contributed by atoms with Crippen molar-refractivity contribution in [3.8, 4) is 11.5 Å². The second-order valence-electron chi connectivity index (χ2n) is 4.90. The third kappa shape index (κ3) is 3.88. The minimum Gasteiger partial charge on any atom is -0.504 e. The van der Waals surface area contributed by atoms with Crippen molar-refractivity contribution in [2.24, 2.45) is 0 Å². The lowest BCUT2D eigenvalue weighted by atomic mass is 10.2. The summed E-state index contributed by atoms with van der Waals surface area (Å²) in [5.41, 5.74) is 0.670. The smallest absolute Gasteiger partial charge is 0.266 e. The van der Waals surface area contributed by atoms with Crippen molar-refractivity contribution in [1.29, 1.82) is 0 Å². The van der Waals surface area contributed by atoms with Crippen molar-refractivity contribution < 1.29 is 19.4 Å². The number of nitrogens with zero attached hydrogens (tertiary/aromatic N) is 1. The first kappa shape index (κ1) is 18.3. The number of thioether (sulfide) groups is 1. The summed E-state index contributed by atoms with van der Waals surface area (Å²) in [6.07, 6.45) is 1.70. The number of carbonyl (C=O) groups is 1. The minimum atomic E-state index is -0.160. The summed E-state index contributed by atoms with van der Waals surface area (Å²) in [5, 5.41) is 9.90. The van der Waals surface area contributed by atoms with E-state index in [1.165, 1.54) is 24.9 Å². The molecule has 0 bridgehead atoms. The second kappa shape index (κ2) is 7.65. The van der Waals surface area contributed by atoms with Gasteiger partial charge >= 0.3 is 0 Å². The highest BCUT2D eigenvalue weighted by Crippen LogP contribution is 2.38. The molecule has 1 heterocycles. The lowest BCUT2D eigenvalue weighted by molar-refractivity contribution is -0.124. The van der Waals surface area contributed by atoms with Crippen molar-refractivity contribution in [3.05, 3.63) is 27.1 Å². The Morgan fingerprint density at radius 2 is 2.17 bits per heavy atom. The van der Waals surface area contributed by atoms with Gasteiger partial charge in [-0.15, -0.1) is 0 Å². The van der Waals surface area contributed by atoms with Gasteiger partial charge in [-0.05, 0) is 30.7 Å². The van der Waals surface area contributed by atoms with Gasteiger partial charge in [0, 0.05) is 11.6 Å². The third-order valence-corrected chi connectivity index (χ3v) is 5.27. The van der Waals surface area contributed by atoms with E-state index in [9.17, 15) is 9.90 Å². The Labute approximate surface area is 152 Å². The molecule has 23 heavy (non-hydrogen) atoms. The summed E-state index contributed by atoms with van der Waals surface area (Å²) in [4.78, 5) is 14.6. The predicted molar refractivity (Wildman–Crippen MR) is 98.7 cm³/mol. The summed E-state index contributed by atoms with van der Waals surface area (Å²) < 4.78 is 11.3. The van der Waals surface area contributed by atoms with E-state index in [4.69, 9.17) is 21.7 Å². The number of ether oxygens (including phenoxy) is 2. The molecule has 0 spiro atoms. The summed E-state index contributed by atoms with van der Waals surface area (Å²) in [7, 11) is 3.06.